The van der Waals surface area contributed by atoms with E-state index in [1.165, 1.54) is 32.1 Å². The minimum Gasteiger partial charge on any atom is -0.220 e. The summed E-state index contributed by atoms with van der Waals surface area (Å²) in [6, 6.07) is 3.99. The topological polar surface area (TPSA) is 30.2 Å². The summed E-state index contributed by atoms with van der Waals surface area (Å²) in [7, 11) is 0. The molecule has 0 radical (unpaired) electrons. The van der Waals surface area contributed by atoms with Gasteiger partial charge in [-0.25, -0.2) is 9.50 Å². The lowest BCUT2D eigenvalue weighted by Crippen LogP contribution is -2.06. The van der Waals surface area contributed by atoms with Crippen LogP contribution >= 0.6 is 15.9 Å². The van der Waals surface area contributed by atoms with E-state index in [-0.39, 0.29) is 0 Å². The Morgan fingerprint density at radius 1 is 1.25 bits per heavy atom. The molecule has 0 bridgehead atoms. The Morgan fingerprint density at radius 3 is 2.81 bits per heavy atom. The predicted octanol–water partition coefficient (Wildman–Crippen LogP) is 3.54. The summed E-state index contributed by atoms with van der Waals surface area (Å²) in [5.41, 5.74) is 0.933. The summed E-state index contributed by atoms with van der Waals surface area (Å²) < 4.78 is 2.89. The molecule has 2 aromatic rings. The summed E-state index contributed by atoms with van der Waals surface area (Å²) in [5, 5.41) is 4.57. The zero-order valence-corrected chi connectivity index (χ0v) is 10.7. The van der Waals surface area contributed by atoms with Crippen molar-refractivity contribution in [2.45, 2.75) is 38.0 Å². The van der Waals surface area contributed by atoms with E-state index in [0.717, 1.165) is 15.9 Å². The fourth-order valence-corrected chi connectivity index (χ4v) is 2.85. The van der Waals surface area contributed by atoms with Crippen LogP contribution in [0.15, 0.2) is 22.8 Å². The van der Waals surface area contributed by atoms with Gasteiger partial charge in [-0.15, -0.1) is 0 Å². The van der Waals surface area contributed by atoms with Gasteiger partial charge in [0.2, 0.25) is 0 Å². The van der Waals surface area contributed by atoms with E-state index < -0.39 is 0 Å². The number of nitrogens with zero attached hydrogens (tertiary/aromatic N) is 3. The van der Waals surface area contributed by atoms with Crippen molar-refractivity contribution in [3.63, 3.8) is 0 Å². The second-order valence-corrected chi connectivity index (χ2v) is 5.28. The molecule has 0 aliphatic heterocycles. The van der Waals surface area contributed by atoms with Crippen molar-refractivity contribution in [3.8, 4) is 0 Å². The van der Waals surface area contributed by atoms with Gasteiger partial charge in [-0.3, -0.25) is 0 Å². The van der Waals surface area contributed by atoms with E-state index in [1.54, 1.807) is 0 Å². The molecule has 0 amide bonds. The lowest BCUT2D eigenvalue weighted by Gasteiger charge is -2.17. The van der Waals surface area contributed by atoms with Gasteiger partial charge in [0.05, 0.1) is 4.47 Å². The monoisotopic (exact) mass is 279 g/mol. The molecule has 3 nitrogen and oxygen atoms in total. The summed E-state index contributed by atoms with van der Waals surface area (Å²) in [6.45, 7) is 0. The fraction of sp³-hybridized carbons (Fsp3) is 0.500. The van der Waals surface area contributed by atoms with Gasteiger partial charge in [-0.05, 0) is 40.9 Å². The second kappa shape index (κ2) is 4.17. The first-order valence-corrected chi connectivity index (χ1v) is 6.65. The molecule has 0 saturated heterocycles. The van der Waals surface area contributed by atoms with Crippen LogP contribution in [0.2, 0.25) is 0 Å². The Labute approximate surface area is 103 Å². The quantitative estimate of drug-likeness (QED) is 0.799. The van der Waals surface area contributed by atoms with Crippen molar-refractivity contribution in [1.82, 2.24) is 14.6 Å². The Balaban J connectivity index is 2.01. The third-order valence-electron chi connectivity index (χ3n) is 3.30. The van der Waals surface area contributed by atoms with Crippen LogP contribution < -0.4 is 0 Å². The van der Waals surface area contributed by atoms with Gasteiger partial charge in [0.15, 0.2) is 11.5 Å². The molecule has 1 fully saturated rings. The zero-order chi connectivity index (χ0) is 11.0. The molecule has 16 heavy (non-hydrogen) atoms. The van der Waals surface area contributed by atoms with Crippen LogP contribution in [-0.4, -0.2) is 14.6 Å². The van der Waals surface area contributed by atoms with Gasteiger partial charge < -0.3 is 0 Å². The highest BCUT2D eigenvalue weighted by atomic mass is 79.9. The van der Waals surface area contributed by atoms with Crippen molar-refractivity contribution in [1.29, 1.82) is 0 Å². The molecule has 1 aliphatic rings. The first-order valence-electron chi connectivity index (χ1n) is 5.85. The van der Waals surface area contributed by atoms with Gasteiger partial charge in [0.1, 0.15) is 0 Å². The Hall–Kier alpha value is -0.900. The zero-order valence-electron chi connectivity index (χ0n) is 9.06. The van der Waals surface area contributed by atoms with Crippen molar-refractivity contribution >= 4 is 21.6 Å². The SMILES string of the molecule is Brc1cccn2nc(C3CCCCC3)nc12. The summed E-state index contributed by atoms with van der Waals surface area (Å²) >= 11 is 3.51. The standard InChI is InChI=1S/C12H14BrN3/c13-10-7-4-8-16-12(10)14-11(15-16)9-5-2-1-3-6-9/h4,7-9H,1-3,5-6H2. The second-order valence-electron chi connectivity index (χ2n) is 4.43. The van der Waals surface area contributed by atoms with Crippen LogP contribution in [0, 0.1) is 0 Å². The number of fused-ring (bicyclic) bond motifs is 1. The molecule has 0 atom stereocenters. The third kappa shape index (κ3) is 1.75. The Kier molecular flexibility index (Phi) is 2.67. The molecule has 84 valence electrons. The third-order valence-corrected chi connectivity index (χ3v) is 3.92. The summed E-state index contributed by atoms with van der Waals surface area (Å²) in [4.78, 5) is 4.64. The first kappa shape index (κ1) is 10.3. The minimum absolute atomic E-state index is 0.570. The highest BCUT2D eigenvalue weighted by Crippen LogP contribution is 2.31. The molecule has 0 N–H and O–H groups in total. The number of halogens is 1. The lowest BCUT2D eigenvalue weighted by molar-refractivity contribution is 0.429. The van der Waals surface area contributed by atoms with E-state index in [4.69, 9.17) is 0 Å². The first-order chi connectivity index (χ1) is 7.84. The fourth-order valence-electron chi connectivity index (χ4n) is 2.42. The van der Waals surface area contributed by atoms with Crippen LogP contribution in [0.3, 0.4) is 0 Å². The molecular formula is C12H14BrN3. The van der Waals surface area contributed by atoms with E-state index in [2.05, 4.69) is 26.0 Å². The average molecular weight is 280 g/mol. The van der Waals surface area contributed by atoms with Gasteiger partial charge in [0, 0.05) is 12.1 Å². The van der Waals surface area contributed by atoms with Crippen LogP contribution in [0.5, 0.6) is 0 Å². The predicted molar refractivity (Wildman–Crippen MR) is 66.5 cm³/mol. The smallest absolute Gasteiger partial charge is 0.169 e. The van der Waals surface area contributed by atoms with Crippen molar-refractivity contribution in [2.24, 2.45) is 0 Å². The molecular weight excluding hydrogens is 266 g/mol. The Morgan fingerprint density at radius 2 is 2.06 bits per heavy atom. The molecule has 1 saturated carbocycles. The maximum absolute atomic E-state index is 4.64. The van der Waals surface area contributed by atoms with Crippen LogP contribution in [0.1, 0.15) is 43.8 Å². The minimum atomic E-state index is 0.570. The number of hydrogen-bond acceptors (Lipinski definition) is 2. The molecule has 0 aromatic carbocycles. The number of aromatic nitrogens is 3. The van der Waals surface area contributed by atoms with Gasteiger partial charge in [0.25, 0.3) is 0 Å². The van der Waals surface area contributed by atoms with E-state index in [0.29, 0.717) is 5.92 Å². The van der Waals surface area contributed by atoms with Crippen molar-refractivity contribution in [3.05, 3.63) is 28.6 Å². The van der Waals surface area contributed by atoms with E-state index in [1.807, 2.05) is 22.8 Å². The van der Waals surface area contributed by atoms with E-state index >= 15 is 0 Å². The van der Waals surface area contributed by atoms with Crippen LogP contribution in [-0.2, 0) is 0 Å². The number of rotatable bonds is 1. The van der Waals surface area contributed by atoms with Crippen molar-refractivity contribution < 1.29 is 0 Å². The highest BCUT2D eigenvalue weighted by molar-refractivity contribution is 9.10. The summed E-state index contributed by atoms with van der Waals surface area (Å²) in [5.74, 6) is 1.59. The van der Waals surface area contributed by atoms with Gasteiger partial charge in [-0.2, -0.15) is 5.10 Å². The number of hydrogen-bond donors (Lipinski definition) is 0. The Bertz CT molecular complexity index is 500. The van der Waals surface area contributed by atoms with Gasteiger partial charge >= 0.3 is 0 Å². The van der Waals surface area contributed by atoms with Crippen LogP contribution in [0.25, 0.3) is 5.65 Å². The maximum atomic E-state index is 4.64. The van der Waals surface area contributed by atoms with Crippen LogP contribution in [0.4, 0.5) is 0 Å². The molecule has 2 aromatic heterocycles. The average Bonchev–Trinajstić information content (AvgIpc) is 2.76. The van der Waals surface area contributed by atoms with Crippen molar-refractivity contribution in [2.75, 3.05) is 0 Å². The van der Waals surface area contributed by atoms with Gasteiger partial charge in [-0.1, -0.05) is 19.3 Å². The molecule has 1 aliphatic carbocycles. The molecule has 0 spiro atoms. The lowest BCUT2D eigenvalue weighted by atomic mass is 9.89. The largest absolute Gasteiger partial charge is 0.220 e. The molecule has 2 heterocycles. The highest BCUT2D eigenvalue weighted by Gasteiger charge is 2.20. The normalized spacial score (nSPS) is 18.1. The molecule has 3 rings (SSSR count). The van der Waals surface area contributed by atoms with E-state index in [9.17, 15) is 0 Å². The molecule has 0 unspecified atom stereocenters. The molecule has 4 heteroatoms. The number of pyridine rings is 1. The maximum Gasteiger partial charge on any atom is 0.169 e. The summed E-state index contributed by atoms with van der Waals surface area (Å²) in [6.07, 6.45) is 8.46.